The van der Waals surface area contributed by atoms with Gasteiger partial charge in [0.05, 0.1) is 19.7 Å². The molecule has 2 aliphatic heterocycles. The maximum atomic E-state index is 12.1. The van der Waals surface area contributed by atoms with E-state index in [1.807, 2.05) is 0 Å². The van der Waals surface area contributed by atoms with E-state index in [4.69, 9.17) is 45.2 Å². The molecule has 2 heterocycles. The minimum atomic E-state index is -0.928. The van der Waals surface area contributed by atoms with Gasteiger partial charge in [0.25, 0.3) is 0 Å². The summed E-state index contributed by atoms with van der Waals surface area (Å²) in [5, 5.41) is 2.58. The smallest absolute Gasteiger partial charge is 0.434 e. The van der Waals surface area contributed by atoms with Gasteiger partial charge in [-0.05, 0) is 132 Å². The number of nitrogens with one attached hydrogen (secondary N) is 1. The first-order valence-electron chi connectivity index (χ1n) is 22.8. The number of nitrogens with two attached hydrogens (primary N) is 3. The Hall–Kier alpha value is -2.64. The summed E-state index contributed by atoms with van der Waals surface area (Å²) < 4.78 is 22.8. The van der Waals surface area contributed by atoms with E-state index < -0.39 is 47.1 Å². The van der Waals surface area contributed by atoms with Crippen LogP contribution in [0.5, 0.6) is 0 Å². The molecular formula is C46H79ClN4O13. The molecule has 12 aliphatic rings. The Morgan fingerprint density at radius 3 is 1.41 bits per heavy atom. The first-order chi connectivity index (χ1) is 28.7. The molecule has 4 spiro atoms. The molecule has 0 unspecified atom stereocenters. The van der Waals surface area contributed by atoms with E-state index in [0.29, 0.717) is 42.9 Å². The van der Waals surface area contributed by atoms with Crippen LogP contribution in [0.2, 0.25) is 0 Å². The van der Waals surface area contributed by atoms with Gasteiger partial charge in [0, 0.05) is 62.2 Å². The van der Waals surface area contributed by atoms with E-state index in [-0.39, 0.29) is 78.5 Å². The Kier molecular flexibility index (Phi) is 18.5. The zero-order valence-corrected chi connectivity index (χ0v) is 36.3. The van der Waals surface area contributed by atoms with Gasteiger partial charge in [0.2, 0.25) is 40.9 Å². The van der Waals surface area contributed by atoms with E-state index in [0.717, 1.165) is 62.2 Å². The summed E-state index contributed by atoms with van der Waals surface area (Å²) in [6.07, 6.45) is 18.5. The first kappa shape index (κ1) is 54.0. The van der Waals surface area contributed by atoms with Gasteiger partial charge in [-0.15, -0.1) is 12.4 Å². The lowest BCUT2D eigenvalue weighted by Gasteiger charge is -2.57. The van der Waals surface area contributed by atoms with Crippen molar-refractivity contribution >= 4 is 42.3 Å². The Morgan fingerprint density at radius 1 is 0.625 bits per heavy atom. The van der Waals surface area contributed by atoms with Crippen LogP contribution in [0.4, 0.5) is 4.79 Å². The van der Waals surface area contributed by atoms with Crippen LogP contribution >= 0.6 is 12.4 Å². The molecule has 368 valence electrons. The second-order valence-corrected chi connectivity index (χ2v) is 19.8. The molecule has 8 bridgehead atoms. The van der Waals surface area contributed by atoms with E-state index in [1.54, 1.807) is 6.92 Å². The molecule has 0 aromatic carbocycles. The van der Waals surface area contributed by atoms with Crippen molar-refractivity contribution in [2.24, 2.45) is 76.4 Å². The van der Waals surface area contributed by atoms with Crippen LogP contribution < -0.4 is 22.5 Å². The lowest BCUT2D eigenvalue weighted by molar-refractivity contribution is -0.390. The average molecular weight is 932 g/mol. The molecule has 0 radical (unpaired) electrons. The van der Waals surface area contributed by atoms with Crippen LogP contribution in [0.3, 0.4) is 0 Å². The topological polar surface area (TPSA) is 249 Å². The number of carbonyl (C=O) groups excluding carboxylic acids is 5. The number of primary amides is 2. The molecule has 18 heteroatoms. The number of hydrogen-bond donors (Lipinski definition) is 4. The fraction of sp³-hybridized carbons (Fsp3) is 0.891. The van der Waals surface area contributed by atoms with Crippen LogP contribution in [0.25, 0.3) is 0 Å². The van der Waals surface area contributed by atoms with Gasteiger partial charge in [0.1, 0.15) is 0 Å². The van der Waals surface area contributed by atoms with Gasteiger partial charge in [-0.2, -0.15) is 19.6 Å². The second-order valence-electron chi connectivity index (χ2n) is 19.8. The molecule has 10 saturated carbocycles. The molecule has 2 saturated heterocycles. The predicted octanol–water partition coefficient (Wildman–Crippen LogP) is 6.85. The molecule has 4 atom stereocenters. The largest absolute Gasteiger partial charge is 0.516 e. The highest BCUT2D eigenvalue weighted by Gasteiger charge is 2.68. The van der Waals surface area contributed by atoms with Crippen LogP contribution in [-0.2, 0) is 57.7 Å². The molecule has 7 N–H and O–H groups in total. The molecule has 0 aromatic heterocycles. The summed E-state index contributed by atoms with van der Waals surface area (Å²) in [6.45, 7) is 1.69. The highest BCUT2D eigenvalue weighted by atomic mass is 35.5. The number of esters is 1. The van der Waals surface area contributed by atoms with Gasteiger partial charge in [-0.25, -0.2) is 4.79 Å². The van der Waals surface area contributed by atoms with E-state index in [2.05, 4.69) is 15.8 Å². The van der Waals surface area contributed by atoms with Gasteiger partial charge >= 0.3 is 12.1 Å². The van der Waals surface area contributed by atoms with E-state index in [9.17, 15) is 24.0 Å². The predicted molar refractivity (Wildman–Crippen MR) is 236 cm³/mol. The first-order valence-corrected chi connectivity index (χ1v) is 22.8. The normalized spacial score (nSPS) is 40.9. The zero-order chi connectivity index (χ0) is 42.3. The number of rotatable bonds is 8. The number of halogens is 1. The second kappa shape index (κ2) is 22.0. The van der Waals surface area contributed by atoms with Crippen molar-refractivity contribution in [2.75, 3.05) is 19.7 Å². The van der Waals surface area contributed by atoms with Crippen molar-refractivity contribution in [3.63, 3.8) is 0 Å². The lowest BCUT2D eigenvalue weighted by atomic mass is 9.53. The third-order valence-corrected chi connectivity index (χ3v) is 15.5. The summed E-state index contributed by atoms with van der Waals surface area (Å²) in [5.74, 6) is 1.03. The number of ether oxygens (including phenoxy) is 4. The van der Waals surface area contributed by atoms with E-state index in [1.165, 1.54) is 64.2 Å². The zero-order valence-electron chi connectivity index (χ0n) is 35.5. The third kappa shape index (κ3) is 11.4. The Balaban J connectivity index is 0.000000240. The Labute approximate surface area is 385 Å². The van der Waals surface area contributed by atoms with Crippen LogP contribution in [0.15, 0.2) is 0 Å². The molecular weight excluding hydrogens is 852 g/mol. The lowest BCUT2D eigenvalue weighted by Crippen LogP contribution is -2.59. The third-order valence-electron chi connectivity index (χ3n) is 15.5. The van der Waals surface area contributed by atoms with Crippen molar-refractivity contribution in [3.8, 4) is 0 Å². The minimum Gasteiger partial charge on any atom is -0.434 e. The van der Waals surface area contributed by atoms with Gasteiger partial charge < -0.3 is 41.5 Å². The molecule has 10 aliphatic carbocycles. The summed E-state index contributed by atoms with van der Waals surface area (Å²) in [4.78, 5) is 79.8. The standard InChI is InChI=1S/C21H30O7.C20H30N2O5.C2H6N2O.3CH4.ClH/c1-2-24-19(23)25-18(22)11-13-4-3-5-20(12-13)26-21(28-27-20)16-7-14-6-15(9-16)10-17(21)8-14;21-17(23)11-22-18(24)9-12-2-1-3-19(10-12)25-20(27-26-19)15-5-13-4-14(7-15)8-16(20)6-13;3-1-2(4)5;;;;/h13-17H,2-12H2,1H3;12-16H,1-11H2,(H2,21,23)(H,22,24);1,3H2,(H2,4,5);3*1H4;1H/t13-,14?,15?,16?,17?,20+,21?;12-,13?,14?,15?,16?,19+,20?;;;;;/m00...../s1. The van der Waals surface area contributed by atoms with Gasteiger partial charge in [-0.1, -0.05) is 22.3 Å². The summed E-state index contributed by atoms with van der Waals surface area (Å²) in [7, 11) is 0. The van der Waals surface area contributed by atoms with Crippen molar-refractivity contribution in [3.05, 3.63) is 0 Å². The summed E-state index contributed by atoms with van der Waals surface area (Å²) >= 11 is 0. The van der Waals surface area contributed by atoms with Gasteiger partial charge in [-0.3, -0.25) is 19.2 Å². The molecule has 0 aromatic rings. The fourth-order valence-corrected chi connectivity index (χ4v) is 13.6. The van der Waals surface area contributed by atoms with Crippen molar-refractivity contribution in [2.45, 2.75) is 181 Å². The summed E-state index contributed by atoms with van der Waals surface area (Å²) in [6, 6.07) is 0. The Bertz CT molecular complexity index is 1580. The summed E-state index contributed by atoms with van der Waals surface area (Å²) in [5.41, 5.74) is 14.3. The van der Waals surface area contributed by atoms with Gasteiger partial charge in [0.15, 0.2) is 0 Å². The van der Waals surface area contributed by atoms with Crippen molar-refractivity contribution < 1.29 is 62.5 Å². The van der Waals surface area contributed by atoms with Crippen molar-refractivity contribution in [1.82, 2.24) is 5.32 Å². The van der Waals surface area contributed by atoms with Crippen molar-refractivity contribution in [1.29, 1.82) is 0 Å². The number of amides is 3. The Morgan fingerprint density at radius 2 is 1.03 bits per heavy atom. The fourth-order valence-electron chi connectivity index (χ4n) is 13.6. The highest BCUT2D eigenvalue weighted by molar-refractivity contribution is 5.85. The molecule has 12 rings (SSSR count). The number of hydrogen-bond acceptors (Lipinski definition) is 14. The molecule has 3 amide bonds. The number of carbonyl (C=O) groups is 5. The van der Waals surface area contributed by atoms with Crippen LogP contribution in [0.1, 0.15) is 158 Å². The quantitative estimate of drug-likeness (QED) is 0.110. The monoisotopic (exact) mass is 931 g/mol. The SMILES string of the molecule is C.C.C.CCOC(=O)OC(=O)C[C@@H]1CCC[C@]2(C1)OOC1(O2)C2CC3CC(C2)CC1C3.Cl.NC(=O)CNC(=O)C[C@@H]1CCC[C@]2(C1)OOC1(O2)C2CC3CC(C2)CC1C3.NCC(N)=O. The maximum Gasteiger partial charge on any atom is 0.516 e. The highest BCUT2D eigenvalue weighted by Crippen LogP contribution is 2.65. The maximum absolute atomic E-state index is 12.1. The molecule has 64 heavy (non-hydrogen) atoms. The van der Waals surface area contributed by atoms with Crippen LogP contribution in [-0.4, -0.2) is 72.7 Å². The molecule has 17 nitrogen and oxygen atoms in total. The van der Waals surface area contributed by atoms with Crippen LogP contribution in [0, 0.1) is 59.2 Å². The minimum absolute atomic E-state index is 0. The van der Waals surface area contributed by atoms with E-state index >= 15 is 0 Å². The average Bonchev–Trinajstić information content (AvgIpc) is 3.74. The molecule has 12 fully saturated rings.